The Morgan fingerprint density at radius 3 is 2.65 bits per heavy atom. The molecule has 0 bridgehead atoms. The highest BCUT2D eigenvalue weighted by atomic mass is 16.5. The number of rotatable bonds is 9. The third kappa shape index (κ3) is 4.94. The maximum atomic E-state index is 6.02. The highest BCUT2D eigenvalue weighted by Gasteiger charge is 2.22. The Morgan fingerprint density at radius 1 is 1.23 bits per heavy atom. The molecule has 1 unspecified atom stereocenters. The summed E-state index contributed by atoms with van der Waals surface area (Å²) in [6.07, 6.45) is 3.19. The summed E-state index contributed by atoms with van der Waals surface area (Å²) in [5, 5.41) is 3.19. The van der Waals surface area contributed by atoms with E-state index >= 15 is 0 Å². The number of ether oxygens (including phenoxy) is 3. The lowest BCUT2D eigenvalue weighted by Crippen LogP contribution is -2.36. The topological polar surface area (TPSA) is 81.3 Å². The van der Waals surface area contributed by atoms with Gasteiger partial charge in [0.25, 0.3) is 0 Å². The monoisotopic (exact) mass is 364 g/mol. The van der Waals surface area contributed by atoms with Crippen molar-refractivity contribution in [2.45, 2.75) is 32.2 Å². The summed E-state index contributed by atoms with van der Waals surface area (Å²) in [5.41, 5.74) is 7.05. The van der Waals surface area contributed by atoms with E-state index in [-0.39, 0.29) is 0 Å². The molecule has 0 aliphatic carbocycles. The molecule has 7 nitrogen and oxygen atoms in total. The van der Waals surface area contributed by atoms with Crippen LogP contribution in [0.5, 0.6) is 17.2 Å². The Balaban J connectivity index is 1.89. The maximum absolute atomic E-state index is 6.02. The largest absolute Gasteiger partial charge is 0.493 e. The van der Waals surface area contributed by atoms with Crippen LogP contribution in [0.25, 0.3) is 0 Å². The Bertz CT molecular complexity index is 607. The second kappa shape index (κ2) is 10.1. The maximum Gasteiger partial charge on any atom is 0.203 e. The number of hydrogen-bond donors (Lipinski definition) is 2. The molecule has 1 atom stereocenters. The van der Waals surface area contributed by atoms with Gasteiger partial charge in [-0.05, 0) is 38.4 Å². The predicted molar refractivity (Wildman–Crippen MR) is 105 cm³/mol. The van der Waals surface area contributed by atoms with Gasteiger partial charge in [-0.2, -0.15) is 0 Å². The Kier molecular flexibility index (Phi) is 7.84. The van der Waals surface area contributed by atoms with E-state index in [0.717, 1.165) is 25.1 Å². The van der Waals surface area contributed by atoms with Crippen LogP contribution in [0.4, 0.5) is 0 Å². The number of guanidine groups is 1. The zero-order valence-corrected chi connectivity index (χ0v) is 16.4. The van der Waals surface area contributed by atoms with Crippen LogP contribution in [-0.2, 0) is 6.42 Å². The zero-order valence-electron chi connectivity index (χ0n) is 16.4. The predicted octanol–water partition coefficient (Wildman–Crippen LogP) is 1.64. The van der Waals surface area contributed by atoms with Gasteiger partial charge in [0.15, 0.2) is 17.5 Å². The van der Waals surface area contributed by atoms with Gasteiger partial charge in [-0.3, -0.25) is 9.89 Å². The third-order valence-corrected chi connectivity index (χ3v) is 4.86. The van der Waals surface area contributed by atoms with Crippen molar-refractivity contribution >= 4 is 5.96 Å². The Hall–Kier alpha value is -2.15. The molecule has 1 aliphatic rings. The highest BCUT2D eigenvalue weighted by Crippen LogP contribution is 2.39. The molecular weight excluding hydrogens is 332 g/mol. The molecule has 0 spiro atoms. The number of likely N-dealkylation sites (tertiary alicyclic amines) is 1. The van der Waals surface area contributed by atoms with Crippen molar-refractivity contribution in [3.8, 4) is 17.2 Å². The minimum Gasteiger partial charge on any atom is -0.493 e. The van der Waals surface area contributed by atoms with Crippen LogP contribution >= 0.6 is 0 Å². The summed E-state index contributed by atoms with van der Waals surface area (Å²) in [4.78, 5) is 6.97. The molecule has 7 heteroatoms. The van der Waals surface area contributed by atoms with E-state index in [1.807, 2.05) is 12.1 Å². The van der Waals surface area contributed by atoms with Crippen LogP contribution in [0.3, 0.4) is 0 Å². The number of nitrogens with zero attached hydrogens (tertiary/aromatic N) is 2. The van der Waals surface area contributed by atoms with Crippen molar-refractivity contribution in [1.29, 1.82) is 0 Å². The lowest BCUT2D eigenvalue weighted by atomic mass is 10.1. The number of benzene rings is 1. The quantitative estimate of drug-likeness (QED) is 0.512. The van der Waals surface area contributed by atoms with Crippen LogP contribution in [0.1, 0.15) is 25.3 Å². The van der Waals surface area contributed by atoms with E-state index in [2.05, 4.69) is 22.1 Å². The smallest absolute Gasteiger partial charge is 0.203 e. The van der Waals surface area contributed by atoms with Gasteiger partial charge in [0.2, 0.25) is 5.75 Å². The fourth-order valence-electron chi connectivity index (χ4n) is 3.46. The Labute approximate surface area is 156 Å². The van der Waals surface area contributed by atoms with Gasteiger partial charge in [0.05, 0.1) is 27.9 Å². The summed E-state index contributed by atoms with van der Waals surface area (Å²) in [5.74, 6) is 2.44. The molecule has 1 aromatic rings. The molecule has 1 heterocycles. The summed E-state index contributed by atoms with van der Waals surface area (Å²) >= 11 is 0. The number of methoxy groups -OCH3 is 3. The summed E-state index contributed by atoms with van der Waals surface area (Å²) in [6, 6.07) is 4.38. The second-order valence-electron chi connectivity index (χ2n) is 6.32. The summed E-state index contributed by atoms with van der Waals surface area (Å²) in [6.45, 7) is 5.87. The van der Waals surface area contributed by atoms with Gasteiger partial charge in [-0.25, -0.2) is 0 Å². The lowest BCUT2D eigenvalue weighted by molar-refractivity contribution is 0.273. The number of hydrogen-bond acceptors (Lipinski definition) is 5. The normalized spacial score (nSPS) is 18.0. The third-order valence-electron chi connectivity index (χ3n) is 4.86. The minimum atomic E-state index is 0.493. The average molecular weight is 364 g/mol. The van der Waals surface area contributed by atoms with Crippen molar-refractivity contribution in [3.05, 3.63) is 17.7 Å². The molecule has 1 aromatic carbocycles. The standard InChI is InChI=1S/C19H32N4O3/c1-5-23-12-6-7-15(23)13-22-19(20)21-11-10-14-8-9-16(24-2)18(26-4)17(14)25-3/h8-9,15H,5-7,10-13H2,1-4H3,(H3,20,21,22). The van der Waals surface area contributed by atoms with Gasteiger partial charge >= 0.3 is 0 Å². The minimum absolute atomic E-state index is 0.493. The van der Waals surface area contributed by atoms with Gasteiger partial charge in [-0.15, -0.1) is 0 Å². The first kappa shape index (κ1) is 20.2. The second-order valence-corrected chi connectivity index (χ2v) is 6.32. The SMILES string of the molecule is CCN1CCCC1CN=C(N)NCCc1ccc(OC)c(OC)c1OC. The van der Waals surface area contributed by atoms with E-state index in [1.165, 1.54) is 19.4 Å². The fourth-order valence-corrected chi connectivity index (χ4v) is 3.46. The van der Waals surface area contributed by atoms with E-state index in [4.69, 9.17) is 19.9 Å². The van der Waals surface area contributed by atoms with Crippen molar-refractivity contribution in [3.63, 3.8) is 0 Å². The van der Waals surface area contributed by atoms with E-state index < -0.39 is 0 Å². The van der Waals surface area contributed by atoms with Gasteiger partial charge < -0.3 is 25.3 Å². The number of nitrogens with one attached hydrogen (secondary N) is 1. The van der Waals surface area contributed by atoms with Crippen molar-refractivity contribution in [2.75, 3.05) is 47.5 Å². The molecule has 1 saturated heterocycles. The zero-order chi connectivity index (χ0) is 18.9. The van der Waals surface area contributed by atoms with Crippen molar-refractivity contribution in [1.82, 2.24) is 10.2 Å². The van der Waals surface area contributed by atoms with Gasteiger partial charge in [-0.1, -0.05) is 13.0 Å². The Morgan fingerprint density at radius 2 is 2.00 bits per heavy atom. The van der Waals surface area contributed by atoms with Gasteiger partial charge in [0.1, 0.15) is 0 Å². The highest BCUT2D eigenvalue weighted by molar-refractivity contribution is 5.77. The lowest BCUT2D eigenvalue weighted by Gasteiger charge is -2.21. The molecule has 0 saturated carbocycles. The van der Waals surface area contributed by atoms with Crippen LogP contribution in [0, 0.1) is 0 Å². The molecule has 0 radical (unpaired) electrons. The van der Waals surface area contributed by atoms with Crippen LogP contribution < -0.4 is 25.3 Å². The first-order valence-electron chi connectivity index (χ1n) is 9.20. The molecule has 1 fully saturated rings. The molecule has 2 rings (SSSR count). The van der Waals surface area contributed by atoms with Crippen LogP contribution in [0.2, 0.25) is 0 Å². The van der Waals surface area contributed by atoms with E-state index in [9.17, 15) is 0 Å². The molecule has 3 N–H and O–H groups in total. The van der Waals surface area contributed by atoms with E-state index in [1.54, 1.807) is 21.3 Å². The van der Waals surface area contributed by atoms with E-state index in [0.29, 0.717) is 35.8 Å². The molecule has 26 heavy (non-hydrogen) atoms. The van der Waals surface area contributed by atoms with Crippen LogP contribution in [0.15, 0.2) is 17.1 Å². The molecule has 0 aromatic heterocycles. The van der Waals surface area contributed by atoms with Crippen molar-refractivity contribution < 1.29 is 14.2 Å². The molecular formula is C19H32N4O3. The molecule has 146 valence electrons. The number of aliphatic imine (C=N–C) groups is 1. The fraction of sp³-hybridized carbons (Fsp3) is 0.632. The van der Waals surface area contributed by atoms with Gasteiger partial charge in [0, 0.05) is 18.2 Å². The first-order valence-corrected chi connectivity index (χ1v) is 9.20. The number of nitrogens with two attached hydrogens (primary N) is 1. The van der Waals surface area contributed by atoms with Crippen molar-refractivity contribution in [2.24, 2.45) is 10.7 Å². The summed E-state index contributed by atoms with van der Waals surface area (Å²) < 4.78 is 16.2. The average Bonchev–Trinajstić information content (AvgIpc) is 3.13. The van der Waals surface area contributed by atoms with Crippen LogP contribution in [-0.4, -0.2) is 64.4 Å². The summed E-state index contributed by atoms with van der Waals surface area (Å²) in [7, 11) is 4.85. The molecule has 0 amide bonds. The first-order chi connectivity index (χ1) is 12.6. The number of likely N-dealkylation sites (N-methyl/N-ethyl adjacent to an activating group) is 1. The molecule has 1 aliphatic heterocycles.